The topological polar surface area (TPSA) is 46.8 Å². The van der Waals surface area contributed by atoms with Gasteiger partial charge in [-0.1, -0.05) is 23.4 Å². The van der Waals surface area contributed by atoms with Gasteiger partial charge < -0.3 is 0 Å². The van der Waals surface area contributed by atoms with Gasteiger partial charge in [-0.25, -0.2) is 0 Å². The van der Waals surface area contributed by atoms with Crippen LogP contribution < -0.4 is 0 Å². The maximum Gasteiger partial charge on any atom is 0.193 e. The molecule has 116 valence electrons. The lowest BCUT2D eigenvalue weighted by atomic mass is 10.2. The zero-order valence-corrected chi connectivity index (χ0v) is 13.8. The third kappa shape index (κ3) is 3.10. The summed E-state index contributed by atoms with van der Waals surface area (Å²) < 4.78 is 2.15. The largest absolute Gasteiger partial charge is 0.288 e. The van der Waals surface area contributed by atoms with Crippen LogP contribution in [0.15, 0.2) is 53.9 Å². The summed E-state index contributed by atoms with van der Waals surface area (Å²) in [7, 11) is 0. The fourth-order valence-electron chi connectivity index (χ4n) is 2.57. The molecular weight excluding hydrogens is 330 g/mol. The van der Waals surface area contributed by atoms with E-state index in [4.69, 9.17) is 11.6 Å². The van der Waals surface area contributed by atoms with Crippen molar-refractivity contribution in [2.24, 2.45) is 0 Å². The van der Waals surface area contributed by atoms with Crippen molar-refractivity contribution in [2.45, 2.75) is 18.4 Å². The van der Waals surface area contributed by atoms with Crippen LogP contribution in [-0.4, -0.2) is 30.5 Å². The van der Waals surface area contributed by atoms with E-state index in [-0.39, 0.29) is 0 Å². The van der Waals surface area contributed by atoms with Crippen molar-refractivity contribution in [3.05, 3.63) is 59.4 Å². The monoisotopic (exact) mass is 343 g/mol. The second-order valence-corrected chi connectivity index (χ2v) is 6.69. The molecule has 0 N–H and O–H groups in total. The Morgan fingerprint density at radius 2 is 1.83 bits per heavy atom. The summed E-state index contributed by atoms with van der Waals surface area (Å²) in [5.41, 5.74) is 2.28. The summed E-state index contributed by atoms with van der Waals surface area (Å²) in [5, 5.41) is 10.3. The first-order chi connectivity index (χ1) is 11.3. The first kappa shape index (κ1) is 14.7. The molecule has 0 fully saturated rings. The minimum Gasteiger partial charge on any atom is -0.288 e. The number of fused-ring (bicyclic) bond motifs is 1. The first-order valence-electron chi connectivity index (χ1n) is 7.23. The van der Waals surface area contributed by atoms with Crippen LogP contribution in [0.25, 0.3) is 11.4 Å². The molecule has 0 amide bonds. The van der Waals surface area contributed by atoms with E-state index < -0.39 is 0 Å². The minimum absolute atomic E-state index is 0.723. The van der Waals surface area contributed by atoms with E-state index >= 15 is 0 Å². The first-order valence-corrected chi connectivity index (χ1v) is 8.59. The van der Waals surface area contributed by atoms with E-state index in [1.54, 1.807) is 11.8 Å². The van der Waals surface area contributed by atoms with Gasteiger partial charge in [0.2, 0.25) is 0 Å². The van der Waals surface area contributed by atoms with Crippen molar-refractivity contribution >= 4 is 23.4 Å². The number of hydrogen-bond acceptors (Lipinski definition) is 5. The van der Waals surface area contributed by atoms with Gasteiger partial charge in [0.25, 0.3) is 0 Å². The molecule has 0 unspecified atom stereocenters. The number of halogens is 1. The molecule has 2 aromatic heterocycles. The minimum atomic E-state index is 0.723. The molecule has 1 aliphatic heterocycles. The Morgan fingerprint density at radius 1 is 1.04 bits per heavy atom. The van der Waals surface area contributed by atoms with Crippen LogP contribution in [0.1, 0.15) is 5.56 Å². The third-order valence-corrected chi connectivity index (χ3v) is 5.00. The van der Waals surface area contributed by atoms with Gasteiger partial charge >= 0.3 is 0 Å². The number of hydrogen-bond donors (Lipinski definition) is 0. The SMILES string of the molecule is Clc1ccc(-c2nnc3n2CN(Cc2ccncc2)CS3)cc1. The highest BCUT2D eigenvalue weighted by molar-refractivity contribution is 7.99. The Bertz CT molecular complexity index is 803. The smallest absolute Gasteiger partial charge is 0.193 e. The lowest BCUT2D eigenvalue weighted by molar-refractivity contribution is 0.231. The van der Waals surface area contributed by atoms with Gasteiger partial charge in [0.05, 0.1) is 12.5 Å². The van der Waals surface area contributed by atoms with Gasteiger partial charge in [0.15, 0.2) is 11.0 Å². The molecule has 4 rings (SSSR count). The number of aromatic nitrogens is 4. The van der Waals surface area contributed by atoms with Gasteiger partial charge in [0, 0.05) is 29.5 Å². The van der Waals surface area contributed by atoms with Crippen LogP contribution in [0, 0.1) is 0 Å². The summed E-state index contributed by atoms with van der Waals surface area (Å²) in [6.07, 6.45) is 3.66. The number of benzene rings is 1. The van der Waals surface area contributed by atoms with Gasteiger partial charge in [0.1, 0.15) is 0 Å². The fraction of sp³-hybridized carbons (Fsp3) is 0.188. The van der Waals surface area contributed by atoms with Gasteiger partial charge in [-0.2, -0.15) is 0 Å². The van der Waals surface area contributed by atoms with E-state index in [9.17, 15) is 0 Å². The molecule has 5 nitrogen and oxygen atoms in total. The van der Waals surface area contributed by atoms with Crippen LogP contribution in [0.5, 0.6) is 0 Å². The molecule has 0 bridgehead atoms. The Hall–Kier alpha value is -1.89. The molecule has 0 radical (unpaired) electrons. The molecule has 1 aromatic carbocycles. The number of nitrogens with zero attached hydrogens (tertiary/aromatic N) is 5. The lowest BCUT2D eigenvalue weighted by Crippen LogP contribution is -2.30. The number of thioether (sulfide) groups is 1. The van der Waals surface area contributed by atoms with Crippen LogP contribution in [0.4, 0.5) is 0 Å². The molecule has 0 atom stereocenters. The second-order valence-electron chi connectivity index (χ2n) is 5.34. The summed E-state index contributed by atoms with van der Waals surface area (Å²) in [4.78, 5) is 6.42. The van der Waals surface area contributed by atoms with Crippen molar-refractivity contribution in [1.82, 2.24) is 24.6 Å². The Kier molecular flexibility index (Phi) is 4.03. The van der Waals surface area contributed by atoms with E-state index in [2.05, 4.69) is 24.6 Å². The fourth-order valence-corrected chi connectivity index (χ4v) is 3.56. The predicted octanol–water partition coefficient (Wildman–Crippen LogP) is 3.52. The maximum absolute atomic E-state index is 5.97. The summed E-state index contributed by atoms with van der Waals surface area (Å²) in [5.74, 6) is 1.78. The highest BCUT2D eigenvalue weighted by atomic mass is 35.5. The summed E-state index contributed by atoms with van der Waals surface area (Å²) >= 11 is 7.68. The normalized spacial score (nSPS) is 14.7. The van der Waals surface area contributed by atoms with E-state index in [1.165, 1.54) is 5.56 Å². The van der Waals surface area contributed by atoms with Crippen LogP contribution in [0.2, 0.25) is 5.02 Å². The van der Waals surface area contributed by atoms with Crippen molar-refractivity contribution in [3.63, 3.8) is 0 Å². The lowest BCUT2D eigenvalue weighted by Gasteiger charge is -2.27. The average molecular weight is 344 g/mol. The van der Waals surface area contributed by atoms with E-state index in [0.29, 0.717) is 0 Å². The Labute approximate surface area is 143 Å². The predicted molar refractivity (Wildman–Crippen MR) is 91.0 cm³/mol. The van der Waals surface area contributed by atoms with E-state index in [1.807, 2.05) is 48.8 Å². The molecule has 3 aromatic rings. The summed E-state index contributed by atoms with van der Waals surface area (Å²) in [6.45, 7) is 1.66. The van der Waals surface area contributed by atoms with Gasteiger partial charge in [-0.3, -0.25) is 14.5 Å². The molecular formula is C16H14ClN5S. The molecule has 23 heavy (non-hydrogen) atoms. The molecule has 1 aliphatic rings. The van der Waals surface area contributed by atoms with Crippen molar-refractivity contribution in [3.8, 4) is 11.4 Å². The van der Waals surface area contributed by atoms with Crippen molar-refractivity contribution in [1.29, 1.82) is 0 Å². The molecule has 7 heteroatoms. The highest BCUT2D eigenvalue weighted by Gasteiger charge is 2.22. The van der Waals surface area contributed by atoms with Crippen LogP contribution in [-0.2, 0) is 13.2 Å². The molecule has 0 spiro atoms. The summed E-state index contributed by atoms with van der Waals surface area (Å²) in [6, 6.07) is 11.8. The third-order valence-electron chi connectivity index (χ3n) is 3.69. The molecule has 0 saturated heterocycles. The standard InChI is InChI=1S/C16H14ClN5S/c17-14-3-1-13(2-4-14)15-19-20-16-22(15)10-21(11-23-16)9-12-5-7-18-8-6-12/h1-8H,9-11H2. The van der Waals surface area contributed by atoms with Crippen molar-refractivity contribution in [2.75, 3.05) is 5.88 Å². The zero-order valence-electron chi connectivity index (χ0n) is 12.3. The number of pyridine rings is 1. The average Bonchev–Trinajstić information content (AvgIpc) is 3.00. The number of rotatable bonds is 3. The highest BCUT2D eigenvalue weighted by Crippen LogP contribution is 2.30. The molecule has 3 heterocycles. The zero-order chi connectivity index (χ0) is 15.6. The van der Waals surface area contributed by atoms with Crippen molar-refractivity contribution < 1.29 is 0 Å². The van der Waals surface area contributed by atoms with Crippen LogP contribution in [0.3, 0.4) is 0 Å². The molecule has 0 aliphatic carbocycles. The maximum atomic E-state index is 5.97. The Morgan fingerprint density at radius 3 is 2.61 bits per heavy atom. The van der Waals surface area contributed by atoms with Gasteiger partial charge in [-0.15, -0.1) is 10.2 Å². The van der Waals surface area contributed by atoms with Crippen LogP contribution >= 0.6 is 23.4 Å². The second kappa shape index (κ2) is 6.31. The quantitative estimate of drug-likeness (QED) is 0.728. The van der Waals surface area contributed by atoms with E-state index in [0.717, 1.165) is 40.7 Å². The molecule has 0 saturated carbocycles. The van der Waals surface area contributed by atoms with Gasteiger partial charge in [-0.05, 0) is 42.0 Å². The Balaban J connectivity index is 1.59.